The summed E-state index contributed by atoms with van der Waals surface area (Å²) in [4.78, 5) is 24.6. The van der Waals surface area contributed by atoms with Crippen LogP contribution in [0.3, 0.4) is 0 Å². The van der Waals surface area contributed by atoms with E-state index in [1.165, 1.54) is 0 Å². The predicted octanol–water partition coefficient (Wildman–Crippen LogP) is 3.35. The maximum absolute atomic E-state index is 12.8. The van der Waals surface area contributed by atoms with Crippen LogP contribution < -0.4 is 5.32 Å². The summed E-state index contributed by atoms with van der Waals surface area (Å²) in [5, 5.41) is 14.1. The van der Waals surface area contributed by atoms with Crippen LogP contribution in [0, 0.1) is 17.8 Å². The van der Waals surface area contributed by atoms with Crippen molar-refractivity contribution in [3.05, 3.63) is 35.4 Å². The van der Waals surface area contributed by atoms with Gasteiger partial charge in [-0.3, -0.25) is 4.79 Å². The SMILES string of the molecule is CCOC(=O)c1cccc(CCNC(=O)[C@]2(O)C[C@H](C)CC[C@H]2C(C)C)c1. The predicted molar refractivity (Wildman–Crippen MR) is 105 cm³/mol. The molecule has 5 nitrogen and oxygen atoms in total. The Morgan fingerprint density at radius 3 is 2.74 bits per heavy atom. The molecule has 1 fully saturated rings. The van der Waals surface area contributed by atoms with E-state index < -0.39 is 5.60 Å². The zero-order valence-corrected chi connectivity index (χ0v) is 17.0. The molecule has 0 aromatic heterocycles. The molecule has 0 unspecified atom stereocenters. The Morgan fingerprint density at radius 2 is 2.07 bits per heavy atom. The van der Waals surface area contributed by atoms with Gasteiger partial charge in [0.05, 0.1) is 12.2 Å². The Labute approximate surface area is 162 Å². The number of ether oxygens (including phenoxy) is 1. The number of benzene rings is 1. The minimum atomic E-state index is -1.29. The van der Waals surface area contributed by atoms with E-state index in [4.69, 9.17) is 4.74 Å². The van der Waals surface area contributed by atoms with Gasteiger partial charge < -0.3 is 15.2 Å². The lowest BCUT2D eigenvalue weighted by atomic mass is 9.66. The van der Waals surface area contributed by atoms with Crippen molar-refractivity contribution in [2.45, 2.75) is 59.0 Å². The molecule has 1 saturated carbocycles. The number of hydrogen-bond donors (Lipinski definition) is 2. The van der Waals surface area contributed by atoms with Gasteiger partial charge in [-0.05, 0) is 61.6 Å². The summed E-state index contributed by atoms with van der Waals surface area (Å²) < 4.78 is 5.02. The molecular formula is C22H33NO4. The lowest BCUT2D eigenvalue weighted by Gasteiger charge is -2.43. The van der Waals surface area contributed by atoms with Crippen LogP contribution in [0.2, 0.25) is 0 Å². The smallest absolute Gasteiger partial charge is 0.338 e. The number of nitrogens with one attached hydrogen (secondary N) is 1. The largest absolute Gasteiger partial charge is 0.462 e. The van der Waals surface area contributed by atoms with Crippen LogP contribution in [0.15, 0.2) is 24.3 Å². The molecule has 3 atom stereocenters. The van der Waals surface area contributed by atoms with Crippen LogP contribution in [0.1, 0.15) is 62.9 Å². The summed E-state index contributed by atoms with van der Waals surface area (Å²) in [6, 6.07) is 7.25. The molecule has 0 bridgehead atoms. The molecule has 1 aliphatic rings. The second kappa shape index (κ2) is 9.36. The Bertz CT molecular complexity index is 657. The van der Waals surface area contributed by atoms with Crippen LogP contribution in [-0.4, -0.2) is 35.7 Å². The van der Waals surface area contributed by atoms with Crippen LogP contribution in [0.4, 0.5) is 0 Å². The number of aliphatic hydroxyl groups is 1. The van der Waals surface area contributed by atoms with Crippen molar-refractivity contribution in [1.29, 1.82) is 0 Å². The number of carbonyl (C=O) groups is 2. The molecule has 1 aliphatic carbocycles. The molecule has 0 heterocycles. The normalized spacial score (nSPS) is 25.3. The van der Waals surface area contributed by atoms with Crippen LogP contribution >= 0.6 is 0 Å². The van der Waals surface area contributed by atoms with Gasteiger partial charge in [-0.1, -0.05) is 39.3 Å². The van der Waals surface area contributed by atoms with Gasteiger partial charge in [0.25, 0.3) is 5.91 Å². The van der Waals surface area contributed by atoms with Gasteiger partial charge in [0.2, 0.25) is 0 Å². The average molecular weight is 376 g/mol. The van der Waals surface area contributed by atoms with Crippen molar-refractivity contribution < 1.29 is 19.4 Å². The van der Waals surface area contributed by atoms with E-state index in [1.807, 2.05) is 12.1 Å². The van der Waals surface area contributed by atoms with Crippen molar-refractivity contribution in [3.63, 3.8) is 0 Å². The first-order valence-corrected chi connectivity index (χ1v) is 10.0. The fraction of sp³-hybridized carbons (Fsp3) is 0.636. The lowest BCUT2D eigenvalue weighted by Crippen LogP contribution is -2.56. The Kier molecular flexibility index (Phi) is 7.42. The molecule has 0 aliphatic heterocycles. The standard InChI is InChI=1S/C22H33NO4/c1-5-27-20(24)18-8-6-7-17(13-18)11-12-23-21(25)22(26)14-16(4)9-10-19(22)15(2)3/h6-8,13,15-16,19,26H,5,9-12,14H2,1-4H3,(H,23,25)/t16-,19+,22+/m1/s1. The third-order valence-electron chi connectivity index (χ3n) is 5.58. The monoisotopic (exact) mass is 375 g/mol. The highest BCUT2D eigenvalue weighted by Gasteiger charge is 2.48. The van der Waals surface area contributed by atoms with Crippen LogP contribution in [0.5, 0.6) is 0 Å². The van der Waals surface area contributed by atoms with E-state index in [1.54, 1.807) is 19.1 Å². The van der Waals surface area contributed by atoms with E-state index in [0.717, 1.165) is 18.4 Å². The first kappa shape index (κ1) is 21.4. The average Bonchev–Trinajstić information content (AvgIpc) is 2.61. The Balaban J connectivity index is 1.97. The van der Waals surface area contributed by atoms with E-state index in [0.29, 0.717) is 37.5 Å². The van der Waals surface area contributed by atoms with Crippen molar-refractivity contribution in [1.82, 2.24) is 5.32 Å². The maximum atomic E-state index is 12.8. The number of esters is 1. The molecule has 150 valence electrons. The van der Waals surface area contributed by atoms with Gasteiger partial charge in [0.15, 0.2) is 0 Å². The Hall–Kier alpha value is -1.88. The first-order chi connectivity index (χ1) is 12.8. The van der Waals surface area contributed by atoms with Crippen LogP contribution in [-0.2, 0) is 16.0 Å². The molecular weight excluding hydrogens is 342 g/mol. The van der Waals surface area contributed by atoms with Gasteiger partial charge in [0.1, 0.15) is 5.60 Å². The molecule has 1 amide bonds. The van der Waals surface area contributed by atoms with Crippen LogP contribution in [0.25, 0.3) is 0 Å². The number of amides is 1. The molecule has 0 radical (unpaired) electrons. The third kappa shape index (κ3) is 5.32. The van der Waals surface area contributed by atoms with Crippen molar-refractivity contribution >= 4 is 11.9 Å². The van der Waals surface area contributed by atoms with E-state index in [2.05, 4.69) is 26.1 Å². The maximum Gasteiger partial charge on any atom is 0.338 e. The molecule has 0 spiro atoms. The second-order valence-corrected chi connectivity index (χ2v) is 8.09. The summed E-state index contributed by atoms with van der Waals surface area (Å²) in [6.07, 6.45) is 3.04. The minimum Gasteiger partial charge on any atom is -0.462 e. The molecule has 1 aromatic rings. The number of rotatable bonds is 7. The van der Waals surface area contributed by atoms with Crippen molar-refractivity contribution in [2.75, 3.05) is 13.2 Å². The molecule has 2 rings (SSSR count). The minimum absolute atomic E-state index is 0.0131. The summed E-state index contributed by atoms with van der Waals surface area (Å²) >= 11 is 0. The molecule has 2 N–H and O–H groups in total. The fourth-order valence-electron chi connectivity index (χ4n) is 4.18. The summed E-state index contributed by atoms with van der Waals surface area (Å²) in [7, 11) is 0. The van der Waals surface area contributed by atoms with Gasteiger partial charge in [-0.2, -0.15) is 0 Å². The molecule has 1 aromatic carbocycles. The van der Waals surface area contributed by atoms with E-state index in [-0.39, 0.29) is 23.7 Å². The van der Waals surface area contributed by atoms with Gasteiger partial charge in [0, 0.05) is 6.54 Å². The summed E-state index contributed by atoms with van der Waals surface area (Å²) in [5.74, 6) is -0.0182. The topological polar surface area (TPSA) is 75.6 Å². The quantitative estimate of drug-likeness (QED) is 0.717. The highest BCUT2D eigenvalue weighted by molar-refractivity contribution is 5.89. The molecule has 27 heavy (non-hydrogen) atoms. The van der Waals surface area contributed by atoms with Crippen molar-refractivity contribution in [2.24, 2.45) is 17.8 Å². The summed E-state index contributed by atoms with van der Waals surface area (Å²) in [5.41, 5.74) is 0.170. The molecule has 0 saturated heterocycles. The second-order valence-electron chi connectivity index (χ2n) is 8.09. The Morgan fingerprint density at radius 1 is 1.33 bits per heavy atom. The van der Waals surface area contributed by atoms with Gasteiger partial charge in [-0.15, -0.1) is 0 Å². The highest BCUT2D eigenvalue weighted by Crippen LogP contribution is 2.41. The fourth-order valence-corrected chi connectivity index (χ4v) is 4.18. The number of hydrogen-bond acceptors (Lipinski definition) is 4. The first-order valence-electron chi connectivity index (χ1n) is 10.0. The zero-order valence-electron chi connectivity index (χ0n) is 17.0. The van der Waals surface area contributed by atoms with E-state index in [9.17, 15) is 14.7 Å². The highest BCUT2D eigenvalue weighted by atomic mass is 16.5. The number of carbonyl (C=O) groups excluding carboxylic acids is 2. The van der Waals surface area contributed by atoms with E-state index >= 15 is 0 Å². The third-order valence-corrected chi connectivity index (χ3v) is 5.58. The molecule has 5 heteroatoms. The zero-order chi connectivity index (χ0) is 20.0. The summed E-state index contributed by atoms with van der Waals surface area (Å²) in [6.45, 7) is 8.77. The lowest BCUT2D eigenvalue weighted by molar-refractivity contribution is -0.155. The van der Waals surface area contributed by atoms with Gasteiger partial charge >= 0.3 is 5.97 Å². The van der Waals surface area contributed by atoms with Gasteiger partial charge in [-0.25, -0.2) is 4.79 Å². The van der Waals surface area contributed by atoms with Crippen molar-refractivity contribution in [3.8, 4) is 0 Å².